The highest BCUT2D eigenvalue weighted by molar-refractivity contribution is 8.13. The number of carbonyl (C=O) groups is 2. The Hall–Kier alpha value is -2.59. The van der Waals surface area contributed by atoms with Crippen molar-refractivity contribution in [2.75, 3.05) is 6.01 Å². The molecule has 0 bridgehead atoms. The second kappa shape index (κ2) is 9.97. The molecular formula is C32H37F3N2O4S. The van der Waals surface area contributed by atoms with E-state index in [1.165, 1.54) is 12.1 Å². The average Bonchev–Trinajstić information content (AvgIpc) is 3.44. The summed E-state index contributed by atoms with van der Waals surface area (Å²) in [4.78, 5) is 26.3. The maximum Gasteiger partial charge on any atom is 0.306 e. The molecule has 6 nitrogen and oxygen atoms in total. The summed E-state index contributed by atoms with van der Waals surface area (Å²) in [5.74, 6) is -2.35. The standard InChI is InChI=1S/C32H37F3N2O4S/c1-5-27(39)41-32(28(40)42-17-33)18(2)12-24-23-11-6-20-13-25-19(16-36-37(25)22-9-7-21(34)8-10-22)14-29(20,3)31(23,35)26(38)15-30(24,32)4/h7-10,13,16,18,23-24,26,38H,5-6,11-12,14-15,17H2,1-4H3/t18-,23+,24+,26+,29+,30+,31+,32+/m1/s1. The fourth-order valence-electron chi connectivity index (χ4n) is 9.27. The number of hydrogen-bond acceptors (Lipinski definition) is 6. The molecular weight excluding hydrogens is 565 g/mol. The van der Waals surface area contributed by atoms with Gasteiger partial charge in [-0.3, -0.25) is 9.59 Å². The normalized spacial score (nSPS) is 38.5. The van der Waals surface area contributed by atoms with Crippen molar-refractivity contribution in [2.45, 2.75) is 83.6 Å². The minimum atomic E-state index is -2.02. The molecule has 1 aromatic carbocycles. The number of halogens is 3. The molecule has 8 atom stereocenters. The van der Waals surface area contributed by atoms with Crippen molar-refractivity contribution >= 4 is 28.9 Å². The second-order valence-corrected chi connectivity index (χ2v) is 13.9. The number of carbonyl (C=O) groups excluding carboxylic acids is 2. The summed E-state index contributed by atoms with van der Waals surface area (Å²) in [6.45, 7) is 7.16. The summed E-state index contributed by atoms with van der Waals surface area (Å²) >= 11 is 0.481. The lowest BCUT2D eigenvalue weighted by Crippen LogP contribution is -2.70. The maximum atomic E-state index is 18.0. The van der Waals surface area contributed by atoms with Gasteiger partial charge in [0, 0.05) is 29.1 Å². The van der Waals surface area contributed by atoms with E-state index < -0.39 is 57.1 Å². The third kappa shape index (κ3) is 3.72. The van der Waals surface area contributed by atoms with Gasteiger partial charge in [-0.1, -0.05) is 33.3 Å². The lowest BCUT2D eigenvalue weighted by molar-refractivity contribution is -0.231. The topological polar surface area (TPSA) is 81.4 Å². The van der Waals surface area contributed by atoms with Crippen LogP contribution in [-0.2, 0) is 20.7 Å². The van der Waals surface area contributed by atoms with Gasteiger partial charge in [0.05, 0.1) is 23.7 Å². The molecule has 0 radical (unpaired) electrons. The van der Waals surface area contributed by atoms with Crippen molar-refractivity contribution < 1.29 is 32.6 Å². The molecule has 1 N–H and O–H groups in total. The minimum absolute atomic E-state index is 0.0436. The van der Waals surface area contributed by atoms with Gasteiger partial charge in [0.25, 0.3) is 0 Å². The summed E-state index contributed by atoms with van der Waals surface area (Å²) in [5, 5.41) is 15.8. The van der Waals surface area contributed by atoms with E-state index in [1.54, 1.807) is 29.9 Å². The number of fused-ring (bicyclic) bond motifs is 6. The van der Waals surface area contributed by atoms with Gasteiger partial charge in [0.1, 0.15) is 17.5 Å². The smallest absolute Gasteiger partial charge is 0.306 e. The first kappa shape index (κ1) is 29.5. The Morgan fingerprint density at radius 3 is 2.60 bits per heavy atom. The van der Waals surface area contributed by atoms with E-state index >= 15 is 4.39 Å². The molecule has 42 heavy (non-hydrogen) atoms. The molecule has 6 rings (SSSR count). The molecule has 1 heterocycles. The average molecular weight is 603 g/mol. The molecule has 2 aromatic rings. The van der Waals surface area contributed by atoms with Gasteiger partial charge < -0.3 is 9.84 Å². The van der Waals surface area contributed by atoms with Crippen LogP contribution in [0.3, 0.4) is 0 Å². The first-order valence-electron chi connectivity index (χ1n) is 14.7. The molecule has 0 aliphatic heterocycles. The van der Waals surface area contributed by atoms with Crippen LogP contribution in [0.25, 0.3) is 11.8 Å². The van der Waals surface area contributed by atoms with Crippen molar-refractivity contribution in [3.63, 3.8) is 0 Å². The van der Waals surface area contributed by atoms with Crippen LogP contribution in [0.1, 0.15) is 71.1 Å². The molecule has 226 valence electrons. The lowest BCUT2D eigenvalue weighted by Gasteiger charge is -2.63. The highest BCUT2D eigenvalue weighted by Gasteiger charge is 2.77. The molecule has 10 heteroatoms. The minimum Gasteiger partial charge on any atom is -0.449 e. The van der Waals surface area contributed by atoms with E-state index in [4.69, 9.17) is 4.74 Å². The maximum absolute atomic E-state index is 18.0. The van der Waals surface area contributed by atoms with Crippen LogP contribution >= 0.6 is 11.8 Å². The van der Waals surface area contributed by atoms with Gasteiger partial charge in [-0.15, -0.1) is 0 Å². The number of alkyl halides is 2. The van der Waals surface area contributed by atoms with Gasteiger partial charge in [0.15, 0.2) is 5.60 Å². The number of esters is 1. The van der Waals surface area contributed by atoms with Crippen molar-refractivity contribution in [3.8, 4) is 5.69 Å². The van der Waals surface area contributed by atoms with Crippen LogP contribution in [0, 0.1) is 34.4 Å². The van der Waals surface area contributed by atoms with Crippen molar-refractivity contribution in [3.05, 3.63) is 53.1 Å². The summed E-state index contributed by atoms with van der Waals surface area (Å²) < 4.78 is 52.8. The Bertz CT molecular complexity index is 1460. The molecule has 0 spiro atoms. The molecule has 0 unspecified atom stereocenters. The Kier molecular flexibility index (Phi) is 7.00. The summed E-state index contributed by atoms with van der Waals surface area (Å²) in [5.41, 5.74) is -2.53. The van der Waals surface area contributed by atoms with E-state index in [2.05, 4.69) is 5.10 Å². The predicted molar refractivity (Wildman–Crippen MR) is 154 cm³/mol. The largest absolute Gasteiger partial charge is 0.449 e. The van der Waals surface area contributed by atoms with Gasteiger partial charge >= 0.3 is 5.97 Å². The Labute approximate surface area is 248 Å². The number of aromatic nitrogens is 2. The molecule has 4 aliphatic rings. The highest BCUT2D eigenvalue weighted by Crippen LogP contribution is 2.72. The highest BCUT2D eigenvalue weighted by atomic mass is 32.2. The van der Waals surface area contributed by atoms with Crippen LogP contribution in [0.5, 0.6) is 0 Å². The number of rotatable bonds is 5. The zero-order chi connectivity index (χ0) is 30.2. The number of hydrogen-bond donors (Lipinski definition) is 1. The fraction of sp³-hybridized carbons (Fsp3) is 0.594. The monoisotopic (exact) mass is 602 g/mol. The molecule has 0 saturated heterocycles. The first-order valence-corrected chi connectivity index (χ1v) is 15.7. The first-order chi connectivity index (χ1) is 19.9. The quantitative estimate of drug-likeness (QED) is 0.400. The van der Waals surface area contributed by atoms with Crippen LogP contribution < -0.4 is 0 Å². The van der Waals surface area contributed by atoms with Gasteiger partial charge in [0.2, 0.25) is 5.12 Å². The molecule has 3 saturated carbocycles. The van der Waals surface area contributed by atoms with E-state index in [9.17, 15) is 23.5 Å². The Morgan fingerprint density at radius 2 is 1.93 bits per heavy atom. The van der Waals surface area contributed by atoms with Gasteiger partial charge in [-0.2, -0.15) is 5.10 Å². The third-order valence-electron chi connectivity index (χ3n) is 11.2. The van der Waals surface area contributed by atoms with E-state index in [0.717, 1.165) is 16.8 Å². The van der Waals surface area contributed by atoms with Gasteiger partial charge in [-0.25, -0.2) is 17.9 Å². The van der Waals surface area contributed by atoms with Crippen LogP contribution in [0.2, 0.25) is 0 Å². The Morgan fingerprint density at radius 1 is 1.21 bits per heavy atom. The van der Waals surface area contributed by atoms with Crippen molar-refractivity contribution in [2.24, 2.45) is 28.6 Å². The van der Waals surface area contributed by atoms with Crippen molar-refractivity contribution in [1.82, 2.24) is 9.78 Å². The predicted octanol–water partition coefficient (Wildman–Crippen LogP) is 6.38. The van der Waals surface area contributed by atoms with Gasteiger partial charge in [-0.05, 0) is 85.7 Å². The van der Waals surface area contributed by atoms with E-state index in [1.807, 2.05) is 26.8 Å². The Balaban J connectivity index is 1.41. The van der Waals surface area contributed by atoms with Crippen LogP contribution in [0.4, 0.5) is 13.2 Å². The number of ether oxygens (including phenoxy) is 1. The molecule has 0 amide bonds. The third-order valence-corrected chi connectivity index (χ3v) is 11.9. The number of aliphatic hydroxyl groups is 1. The van der Waals surface area contributed by atoms with Crippen molar-refractivity contribution in [1.29, 1.82) is 0 Å². The van der Waals surface area contributed by atoms with Crippen LogP contribution in [-0.4, -0.2) is 49.4 Å². The van der Waals surface area contributed by atoms with E-state index in [0.29, 0.717) is 43.1 Å². The summed E-state index contributed by atoms with van der Waals surface area (Å²) in [6.07, 6.45) is 3.98. The van der Waals surface area contributed by atoms with Crippen LogP contribution in [0.15, 0.2) is 36.0 Å². The number of benzene rings is 1. The number of nitrogens with zero attached hydrogens (tertiary/aromatic N) is 2. The SMILES string of the molecule is CCC(=O)O[C@]1(C(=O)SCF)[C@H](C)C[C@H]2[C@@H]3CCC4=Cc5c(cnn5-c5ccc(F)cc5)C[C@]4(C)[C@@]3(F)[C@@H](O)C[C@@]21C. The zero-order valence-electron chi connectivity index (χ0n) is 24.3. The summed E-state index contributed by atoms with van der Waals surface area (Å²) in [6, 6.07) is 5.08. The second-order valence-electron chi connectivity index (χ2n) is 13.0. The van der Waals surface area contributed by atoms with E-state index in [-0.39, 0.29) is 24.6 Å². The number of allylic oxidation sites excluding steroid dienone is 1. The lowest BCUT2D eigenvalue weighted by atomic mass is 9.44. The fourth-order valence-corrected chi connectivity index (χ4v) is 10.1. The number of aliphatic hydroxyl groups excluding tert-OH is 1. The zero-order valence-corrected chi connectivity index (χ0v) is 25.1. The number of thioether (sulfide) groups is 1. The molecule has 3 fully saturated rings. The summed E-state index contributed by atoms with van der Waals surface area (Å²) in [7, 11) is 0. The molecule has 4 aliphatic carbocycles. The molecule has 1 aromatic heterocycles.